The predicted octanol–water partition coefficient (Wildman–Crippen LogP) is 2.81. The van der Waals surface area contributed by atoms with Crippen LogP contribution < -0.4 is 5.43 Å². The molecule has 0 aliphatic carbocycles. The minimum atomic E-state index is 0.147. The van der Waals surface area contributed by atoms with Crippen LogP contribution in [0.1, 0.15) is 6.92 Å². The van der Waals surface area contributed by atoms with Crippen LogP contribution >= 0.6 is 11.3 Å². The fourth-order valence-electron chi connectivity index (χ4n) is 1.07. The minimum absolute atomic E-state index is 0.147. The summed E-state index contributed by atoms with van der Waals surface area (Å²) in [4.78, 5) is 14.3. The van der Waals surface area contributed by atoms with E-state index in [1.807, 2.05) is 24.3 Å². The zero-order valence-corrected chi connectivity index (χ0v) is 8.78. The van der Waals surface area contributed by atoms with Crippen LogP contribution in [0.5, 0.6) is 0 Å². The van der Waals surface area contributed by atoms with Crippen molar-refractivity contribution >= 4 is 32.5 Å². The Morgan fingerprint density at radius 1 is 1.47 bits per heavy atom. The molecule has 0 spiro atoms. The van der Waals surface area contributed by atoms with Crippen LogP contribution in [0.25, 0.3) is 10.2 Å². The number of hydrogen-bond donors (Lipinski definition) is 1. The van der Waals surface area contributed by atoms with E-state index in [2.05, 4.69) is 20.7 Å². The molecule has 1 N–H and O–H groups in total. The maximum atomic E-state index is 10.1. The van der Waals surface area contributed by atoms with E-state index in [4.69, 9.17) is 0 Å². The number of anilines is 1. The molecule has 0 saturated carbocycles. The van der Waals surface area contributed by atoms with E-state index in [1.54, 1.807) is 0 Å². The molecular weight excluding hydrogens is 212 g/mol. The molecule has 0 aliphatic heterocycles. The van der Waals surface area contributed by atoms with Crippen molar-refractivity contribution in [3.05, 3.63) is 29.2 Å². The van der Waals surface area contributed by atoms with Crippen LogP contribution in [0.15, 0.2) is 34.5 Å². The molecule has 76 valence electrons. The first-order valence-corrected chi connectivity index (χ1v) is 5.10. The van der Waals surface area contributed by atoms with Crippen LogP contribution in [0.4, 0.5) is 5.13 Å². The number of hydrazone groups is 1. The molecule has 15 heavy (non-hydrogen) atoms. The number of nitrogens with zero attached hydrogens (tertiary/aromatic N) is 3. The highest BCUT2D eigenvalue weighted by atomic mass is 32.1. The topological polar surface area (TPSA) is 66.7 Å². The summed E-state index contributed by atoms with van der Waals surface area (Å²) in [5, 5.41) is 7.07. The van der Waals surface area contributed by atoms with E-state index >= 15 is 0 Å². The summed E-state index contributed by atoms with van der Waals surface area (Å²) in [6.45, 7) is 1.52. The summed E-state index contributed by atoms with van der Waals surface area (Å²) >= 11 is 1.48. The molecule has 1 aromatic heterocycles. The number of aromatic nitrogens is 1. The van der Waals surface area contributed by atoms with Crippen molar-refractivity contribution in [1.29, 1.82) is 0 Å². The first-order valence-electron chi connectivity index (χ1n) is 4.29. The predicted molar refractivity (Wildman–Crippen MR) is 62.1 cm³/mol. The molecule has 5 nitrogen and oxygen atoms in total. The lowest BCUT2D eigenvalue weighted by atomic mass is 10.3. The summed E-state index contributed by atoms with van der Waals surface area (Å²) < 4.78 is 1.08. The second-order valence-corrected chi connectivity index (χ2v) is 3.88. The normalized spacial score (nSPS) is 11.7. The van der Waals surface area contributed by atoms with Crippen molar-refractivity contribution in [2.24, 2.45) is 10.3 Å². The van der Waals surface area contributed by atoms with Crippen LogP contribution in [0.2, 0.25) is 0 Å². The Bertz CT molecular complexity index is 487. The Hall–Kier alpha value is -1.82. The number of amidine groups is 1. The molecular formula is C9H8N4OS. The Labute approximate surface area is 89.8 Å². The first-order chi connectivity index (χ1) is 7.29. The van der Waals surface area contributed by atoms with Crippen molar-refractivity contribution in [3.63, 3.8) is 0 Å². The molecule has 0 fully saturated rings. The molecule has 1 heterocycles. The second-order valence-electron chi connectivity index (χ2n) is 2.85. The lowest BCUT2D eigenvalue weighted by Crippen LogP contribution is -1.92. The van der Waals surface area contributed by atoms with Crippen LogP contribution in [-0.4, -0.2) is 10.8 Å². The van der Waals surface area contributed by atoms with E-state index in [1.165, 1.54) is 18.3 Å². The molecule has 0 bridgehead atoms. The summed E-state index contributed by atoms with van der Waals surface area (Å²) in [6.07, 6.45) is 0. The summed E-state index contributed by atoms with van der Waals surface area (Å²) in [7, 11) is 0. The highest BCUT2D eigenvalue weighted by Gasteiger charge is 2.01. The zero-order chi connectivity index (χ0) is 10.7. The van der Waals surface area contributed by atoms with Crippen molar-refractivity contribution in [3.8, 4) is 0 Å². The second kappa shape index (κ2) is 4.14. The number of nitroso groups, excluding NO2 is 1. The van der Waals surface area contributed by atoms with Gasteiger partial charge in [-0.2, -0.15) is 5.10 Å². The molecule has 0 atom stereocenters. The Balaban J connectivity index is 2.26. The summed E-state index contributed by atoms with van der Waals surface area (Å²) in [5.74, 6) is 0.147. The maximum Gasteiger partial charge on any atom is 0.204 e. The molecule has 0 saturated heterocycles. The fraction of sp³-hybridized carbons (Fsp3) is 0.111. The Morgan fingerprint density at radius 2 is 2.27 bits per heavy atom. The van der Waals surface area contributed by atoms with Gasteiger partial charge in [0.15, 0.2) is 5.84 Å². The van der Waals surface area contributed by atoms with Gasteiger partial charge < -0.3 is 0 Å². The Kier molecular flexibility index (Phi) is 2.68. The van der Waals surface area contributed by atoms with Crippen molar-refractivity contribution in [1.82, 2.24) is 4.98 Å². The molecule has 0 amide bonds. The van der Waals surface area contributed by atoms with Gasteiger partial charge in [-0.1, -0.05) is 23.5 Å². The first kappa shape index (κ1) is 9.72. The van der Waals surface area contributed by atoms with E-state index in [9.17, 15) is 4.91 Å². The third-order valence-corrected chi connectivity index (χ3v) is 2.68. The number of benzene rings is 1. The van der Waals surface area contributed by atoms with Crippen LogP contribution in [0.3, 0.4) is 0 Å². The maximum absolute atomic E-state index is 10.1. The summed E-state index contributed by atoms with van der Waals surface area (Å²) in [5.41, 5.74) is 3.60. The van der Waals surface area contributed by atoms with Crippen LogP contribution in [0, 0.1) is 4.91 Å². The van der Waals surface area contributed by atoms with Gasteiger partial charge in [0.25, 0.3) is 0 Å². The standard InChI is InChI=1S/C9H8N4OS/c1-6(13-14)11-12-9-10-7-4-2-3-5-8(7)15-9/h2-5H,1H3,(H,10,12)/b11-6+. The fourth-order valence-corrected chi connectivity index (χ4v) is 1.88. The van der Waals surface area contributed by atoms with E-state index in [0.717, 1.165) is 10.2 Å². The van der Waals surface area contributed by atoms with Gasteiger partial charge in [-0.3, -0.25) is 5.43 Å². The molecule has 0 aliphatic rings. The smallest absolute Gasteiger partial charge is 0.204 e. The third-order valence-electron chi connectivity index (χ3n) is 1.74. The SMILES string of the molecule is C/C(N=O)=N\Nc1nc2ccccc2s1. The quantitative estimate of drug-likeness (QED) is 0.366. The monoisotopic (exact) mass is 220 g/mol. The van der Waals surface area contributed by atoms with Crippen LogP contribution in [-0.2, 0) is 0 Å². The number of nitrogens with one attached hydrogen (secondary N) is 1. The largest absolute Gasteiger partial charge is 0.251 e. The molecule has 6 heteroatoms. The van der Waals surface area contributed by atoms with Gasteiger partial charge in [-0.25, -0.2) is 4.98 Å². The summed E-state index contributed by atoms with van der Waals surface area (Å²) in [6, 6.07) is 7.78. The van der Waals surface area contributed by atoms with Gasteiger partial charge in [0.05, 0.1) is 10.2 Å². The highest BCUT2D eigenvalue weighted by Crippen LogP contribution is 2.25. The van der Waals surface area contributed by atoms with Gasteiger partial charge in [-0.05, 0) is 17.3 Å². The number of thiazole rings is 1. The lowest BCUT2D eigenvalue weighted by Gasteiger charge is -1.90. The number of fused-ring (bicyclic) bond motifs is 1. The molecule has 0 radical (unpaired) electrons. The van der Waals surface area contributed by atoms with Gasteiger partial charge in [0.2, 0.25) is 5.13 Å². The molecule has 0 unspecified atom stereocenters. The van der Waals surface area contributed by atoms with E-state index < -0.39 is 0 Å². The van der Waals surface area contributed by atoms with Crippen molar-refractivity contribution in [2.75, 3.05) is 5.43 Å². The van der Waals surface area contributed by atoms with Gasteiger partial charge >= 0.3 is 0 Å². The third kappa shape index (κ3) is 2.16. The van der Waals surface area contributed by atoms with Crippen molar-refractivity contribution in [2.45, 2.75) is 6.92 Å². The Morgan fingerprint density at radius 3 is 3.00 bits per heavy atom. The van der Waals surface area contributed by atoms with E-state index in [0.29, 0.717) is 5.13 Å². The molecule has 1 aromatic carbocycles. The minimum Gasteiger partial charge on any atom is -0.251 e. The highest BCUT2D eigenvalue weighted by molar-refractivity contribution is 7.22. The van der Waals surface area contributed by atoms with E-state index in [-0.39, 0.29) is 5.84 Å². The average molecular weight is 220 g/mol. The van der Waals surface area contributed by atoms with Gasteiger partial charge in [-0.15, -0.1) is 4.91 Å². The number of para-hydroxylation sites is 1. The molecule has 2 rings (SSSR count). The number of rotatable bonds is 2. The van der Waals surface area contributed by atoms with Gasteiger partial charge in [0, 0.05) is 6.92 Å². The lowest BCUT2D eigenvalue weighted by molar-refractivity contribution is 1.27. The van der Waals surface area contributed by atoms with Crippen molar-refractivity contribution < 1.29 is 0 Å². The zero-order valence-electron chi connectivity index (χ0n) is 7.97. The molecule has 2 aromatic rings. The average Bonchev–Trinajstić information content (AvgIpc) is 2.68. The number of hydrogen-bond acceptors (Lipinski definition) is 5. The van der Waals surface area contributed by atoms with Gasteiger partial charge in [0.1, 0.15) is 0 Å².